The minimum Gasteiger partial charge on any atom is -0.457 e. The molecule has 1 N–H and O–H groups in total. The number of ether oxygens (including phenoxy) is 1. The molecule has 6 nitrogen and oxygen atoms in total. The highest BCUT2D eigenvalue weighted by molar-refractivity contribution is 7.98. The topological polar surface area (TPSA) is 77.2 Å². The highest BCUT2D eigenvalue weighted by atomic mass is 32.2. The highest BCUT2D eigenvalue weighted by Crippen LogP contribution is 2.26. The van der Waals surface area contributed by atoms with Crippen LogP contribution in [-0.4, -0.2) is 16.0 Å². The summed E-state index contributed by atoms with van der Waals surface area (Å²) in [5.41, 5.74) is 1.99. The lowest BCUT2D eigenvalue weighted by molar-refractivity contribution is 0.102. The van der Waals surface area contributed by atoms with Crippen molar-refractivity contribution < 1.29 is 14.1 Å². The molecule has 0 saturated carbocycles. The van der Waals surface area contributed by atoms with Crippen molar-refractivity contribution in [3.05, 3.63) is 96.0 Å². The van der Waals surface area contributed by atoms with Crippen molar-refractivity contribution in [3.8, 4) is 11.5 Å². The second-order valence-corrected chi connectivity index (χ2v) is 7.43. The number of aryl methyl sites for hydroxylation is 1. The van der Waals surface area contributed by atoms with Crippen LogP contribution in [0.2, 0.25) is 0 Å². The Hall–Kier alpha value is -3.58. The van der Waals surface area contributed by atoms with Gasteiger partial charge in [0.15, 0.2) is 0 Å². The maximum atomic E-state index is 12.8. The fraction of sp³-hybridized carbons (Fsp3) is 0.0870. The van der Waals surface area contributed by atoms with Crippen molar-refractivity contribution in [1.82, 2.24) is 10.1 Å². The molecule has 2 aromatic carbocycles. The van der Waals surface area contributed by atoms with Gasteiger partial charge in [-0.2, -0.15) is 0 Å². The number of para-hydroxylation sites is 1. The summed E-state index contributed by atoms with van der Waals surface area (Å²) < 4.78 is 10.9. The van der Waals surface area contributed by atoms with Crippen LogP contribution in [0.4, 0.5) is 5.69 Å². The fourth-order valence-electron chi connectivity index (χ4n) is 2.74. The molecule has 4 aromatic rings. The Balaban J connectivity index is 1.41. The van der Waals surface area contributed by atoms with Crippen molar-refractivity contribution in [3.63, 3.8) is 0 Å². The van der Waals surface area contributed by atoms with Crippen LogP contribution < -0.4 is 10.1 Å². The van der Waals surface area contributed by atoms with Gasteiger partial charge in [0.25, 0.3) is 5.91 Å². The van der Waals surface area contributed by atoms with E-state index < -0.39 is 0 Å². The number of nitrogens with zero attached hydrogens (tertiary/aromatic N) is 2. The maximum Gasteiger partial charge on any atom is 0.258 e. The van der Waals surface area contributed by atoms with E-state index in [0.29, 0.717) is 27.8 Å². The molecule has 4 rings (SSSR count). The summed E-state index contributed by atoms with van der Waals surface area (Å²) in [6.07, 6.45) is 1.67. The Morgan fingerprint density at radius 3 is 2.53 bits per heavy atom. The van der Waals surface area contributed by atoms with Crippen LogP contribution in [-0.2, 0) is 5.75 Å². The number of rotatable bonds is 7. The van der Waals surface area contributed by atoms with Gasteiger partial charge >= 0.3 is 0 Å². The van der Waals surface area contributed by atoms with Crippen molar-refractivity contribution in [1.29, 1.82) is 0 Å². The molecule has 2 aromatic heterocycles. The standard InChI is InChI=1S/C23H19N3O3S/c1-16-14-18(26-29-16)15-30-23-21(8-5-13-24-23)22(27)25-17-9-11-20(12-10-17)28-19-6-3-2-4-7-19/h2-14H,15H2,1H3,(H,25,27). The average Bonchev–Trinajstić information content (AvgIpc) is 3.20. The molecule has 0 aliphatic heterocycles. The van der Waals surface area contributed by atoms with E-state index in [1.165, 1.54) is 11.8 Å². The van der Waals surface area contributed by atoms with Gasteiger partial charge in [0.05, 0.1) is 11.3 Å². The fourth-order valence-corrected chi connectivity index (χ4v) is 3.61. The van der Waals surface area contributed by atoms with Crippen LogP contribution in [0.1, 0.15) is 21.8 Å². The van der Waals surface area contributed by atoms with E-state index in [4.69, 9.17) is 9.26 Å². The first-order valence-corrected chi connectivity index (χ1v) is 10.3. The first-order chi connectivity index (χ1) is 14.7. The summed E-state index contributed by atoms with van der Waals surface area (Å²) in [7, 11) is 0. The lowest BCUT2D eigenvalue weighted by atomic mass is 10.2. The Kier molecular flexibility index (Phi) is 6.10. The summed E-state index contributed by atoms with van der Waals surface area (Å²) in [6.45, 7) is 1.84. The second kappa shape index (κ2) is 9.28. The molecule has 0 aliphatic rings. The minimum atomic E-state index is -0.223. The molecule has 0 spiro atoms. The maximum absolute atomic E-state index is 12.8. The summed E-state index contributed by atoms with van der Waals surface area (Å²) in [4.78, 5) is 17.1. The van der Waals surface area contributed by atoms with Crippen molar-refractivity contribution >= 4 is 23.4 Å². The van der Waals surface area contributed by atoms with Crippen LogP contribution in [0.15, 0.2) is 88.5 Å². The van der Waals surface area contributed by atoms with E-state index in [2.05, 4.69) is 15.5 Å². The first-order valence-electron chi connectivity index (χ1n) is 9.32. The molecule has 0 unspecified atom stereocenters. The van der Waals surface area contributed by atoms with Gasteiger partial charge in [-0.25, -0.2) is 4.98 Å². The van der Waals surface area contributed by atoms with Gasteiger partial charge in [0.1, 0.15) is 22.3 Å². The zero-order chi connectivity index (χ0) is 20.8. The lowest BCUT2D eigenvalue weighted by Crippen LogP contribution is -2.13. The number of nitrogens with one attached hydrogen (secondary N) is 1. The molecule has 0 atom stereocenters. The number of hydrogen-bond donors (Lipinski definition) is 1. The lowest BCUT2D eigenvalue weighted by Gasteiger charge is -2.10. The summed E-state index contributed by atoms with van der Waals surface area (Å²) >= 11 is 1.44. The quantitative estimate of drug-likeness (QED) is 0.388. The monoisotopic (exact) mass is 417 g/mol. The third-order valence-electron chi connectivity index (χ3n) is 4.14. The number of aromatic nitrogens is 2. The van der Waals surface area contributed by atoms with Crippen LogP contribution >= 0.6 is 11.8 Å². The number of benzene rings is 2. The van der Waals surface area contributed by atoms with E-state index in [1.807, 2.05) is 55.5 Å². The molecule has 0 radical (unpaired) electrons. The number of thioether (sulfide) groups is 1. The summed E-state index contributed by atoms with van der Waals surface area (Å²) in [5.74, 6) is 2.55. The normalized spacial score (nSPS) is 10.6. The average molecular weight is 417 g/mol. The molecule has 7 heteroatoms. The Morgan fingerprint density at radius 2 is 1.80 bits per heavy atom. The van der Waals surface area contributed by atoms with E-state index >= 15 is 0 Å². The SMILES string of the molecule is Cc1cc(CSc2ncccc2C(=O)Nc2ccc(Oc3ccccc3)cc2)no1. The van der Waals surface area contributed by atoms with Gasteiger partial charge in [0, 0.05) is 23.7 Å². The van der Waals surface area contributed by atoms with Crippen molar-refractivity contribution in [2.75, 3.05) is 5.32 Å². The molecule has 0 bridgehead atoms. The van der Waals surface area contributed by atoms with Gasteiger partial charge in [-0.15, -0.1) is 0 Å². The summed E-state index contributed by atoms with van der Waals surface area (Å²) in [6, 6.07) is 22.1. The van der Waals surface area contributed by atoms with E-state index in [-0.39, 0.29) is 5.91 Å². The molecule has 0 aliphatic carbocycles. The van der Waals surface area contributed by atoms with Crippen LogP contribution in [0.3, 0.4) is 0 Å². The largest absolute Gasteiger partial charge is 0.457 e. The molecule has 2 heterocycles. The molecule has 1 amide bonds. The second-order valence-electron chi connectivity index (χ2n) is 6.47. The van der Waals surface area contributed by atoms with Crippen LogP contribution in [0.5, 0.6) is 11.5 Å². The molecule has 30 heavy (non-hydrogen) atoms. The Morgan fingerprint density at radius 1 is 1.03 bits per heavy atom. The van der Waals surface area contributed by atoms with E-state index in [1.54, 1.807) is 30.5 Å². The van der Waals surface area contributed by atoms with Gasteiger partial charge < -0.3 is 14.6 Å². The molecule has 0 saturated heterocycles. The smallest absolute Gasteiger partial charge is 0.258 e. The first kappa shape index (κ1) is 19.7. The third kappa shape index (κ3) is 5.07. The number of carbonyl (C=O) groups excluding carboxylic acids is 1. The molecular formula is C23H19N3O3S. The van der Waals surface area contributed by atoms with Crippen molar-refractivity contribution in [2.45, 2.75) is 17.7 Å². The summed E-state index contributed by atoms with van der Waals surface area (Å²) in [5, 5.41) is 7.52. The van der Waals surface area contributed by atoms with Crippen LogP contribution in [0.25, 0.3) is 0 Å². The van der Waals surface area contributed by atoms with Gasteiger partial charge in [-0.3, -0.25) is 4.79 Å². The Labute approximate surface area is 178 Å². The Bertz CT molecular complexity index is 1130. The van der Waals surface area contributed by atoms with Crippen molar-refractivity contribution in [2.24, 2.45) is 0 Å². The van der Waals surface area contributed by atoms with E-state index in [9.17, 15) is 4.79 Å². The molecule has 150 valence electrons. The zero-order valence-electron chi connectivity index (χ0n) is 16.2. The number of pyridine rings is 1. The number of carbonyl (C=O) groups is 1. The van der Waals surface area contributed by atoms with Crippen LogP contribution in [0, 0.1) is 6.92 Å². The number of hydrogen-bond acceptors (Lipinski definition) is 6. The molecule has 0 fully saturated rings. The highest BCUT2D eigenvalue weighted by Gasteiger charge is 2.14. The predicted octanol–water partition coefficient (Wildman–Crippen LogP) is 5.71. The predicted molar refractivity (Wildman–Crippen MR) is 116 cm³/mol. The minimum absolute atomic E-state index is 0.223. The van der Waals surface area contributed by atoms with E-state index in [0.717, 1.165) is 17.2 Å². The van der Waals surface area contributed by atoms with Gasteiger partial charge in [-0.05, 0) is 55.5 Å². The number of anilines is 1. The molecular weight excluding hydrogens is 398 g/mol. The van der Waals surface area contributed by atoms with Gasteiger partial charge in [0.2, 0.25) is 0 Å². The van der Waals surface area contributed by atoms with Gasteiger partial charge in [-0.1, -0.05) is 35.1 Å². The number of amides is 1. The zero-order valence-corrected chi connectivity index (χ0v) is 17.1. The third-order valence-corrected chi connectivity index (χ3v) is 5.18.